The van der Waals surface area contributed by atoms with Crippen molar-refractivity contribution in [3.8, 4) is 10.6 Å². The maximum Gasteiger partial charge on any atom is 0.221 e. The Morgan fingerprint density at radius 2 is 1.59 bits per heavy atom. The summed E-state index contributed by atoms with van der Waals surface area (Å²) in [5.74, 6) is 0.0775. The number of thiophene rings is 1. The molecule has 4 aromatic rings. The zero-order chi connectivity index (χ0) is 19.9. The van der Waals surface area contributed by atoms with E-state index >= 15 is 0 Å². The number of hydrogen-bond donors (Lipinski definition) is 1. The number of rotatable bonds is 7. The van der Waals surface area contributed by atoms with Gasteiger partial charge in [0, 0.05) is 25.1 Å². The van der Waals surface area contributed by atoms with Crippen LogP contribution in [-0.2, 0) is 11.3 Å². The van der Waals surface area contributed by atoms with Gasteiger partial charge in [-0.15, -0.1) is 11.3 Å². The molecule has 4 heteroatoms. The Balaban J connectivity index is 1.44. The predicted molar refractivity (Wildman–Crippen MR) is 119 cm³/mol. The smallest absolute Gasteiger partial charge is 0.221 e. The molecule has 0 spiro atoms. The third kappa shape index (κ3) is 4.98. The van der Waals surface area contributed by atoms with Crippen LogP contribution in [0.2, 0.25) is 0 Å². The van der Waals surface area contributed by atoms with Crippen LogP contribution in [0.3, 0.4) is 0 Å². The quantitative estimate of drug-likeness (QED) is 0.437. The number of benzene rings is 2. The molecule has 0 aliphatic heterocycles. The summed E-state index contributed by atoms with van der Waals surface area (Å²) in [7, 11) is 0. The fourth-order valence-corrected chi connectivity index (χ4v) is 4.09. The molecule has 4 rings (SSSR count). The Bertz CT molecular complexity index is 1010. The molecule has 3 nitrogen and oxygen atoms in total. The van der Waals surface area contributed by atoms with Gasteiger partial charge in [-0.25, -0.2) is 0 Å². The van der Waals surface area contributed by atoms with Crippen molar-refractivity contribution in [2.24, 2.45) is 0 Å². The first-order valence-corrected chi connectivity index (χ1v) is 10.5. The van der Waals surface area contributed by atoms with Crippen molar-refractivity contribution < 1.29 is 4.79 Å². The van der Waals surface area contributed by atoms with Crippen LogP contribution in [0, 0.1) is 0 Å². The van der Waals surface area contributed by atoms with Gasteiger partial charge in [0.2, 0.25) is 5.91 Å². The van der Waals surface area contributed by atoms with Gasteiger partial charge in [-0.1, -0.05) is 66.7 Å². The number of amides is 1. The Morgan fingerprint density at radius 1 is 0.897 bits per heavy atom. The minimum absolute atomic E-state index is 0.0384. The Morgan fingerprint density at radius 3 is 2.21 bits per heavy atom. The molecular weight excluding hydrogens is 376 g/mol. The van der Waals surface area contributed by atoms with E-state index in [9.17, 15) is 4.79 Å². The van der Waals surface area contributed by atoms with E-state index in [4.69, 9.17) is 0 Å². The maximum absolute atomic E-state index is 12.8. The van der Waals surface area contributed by atoms with Crippen molar-refractivity contribution in [1.29, 1.82) is 0 Å². The van der Waals surface area contributed by atoms with Crippen molar-refractivity contribution in [3.63, 3.8) is 0 Å². The summed E-state index contributed by atoms with van der Waals surface area (Å²) < 4.78 is 0. The zero-order valence-electron chi connectivity index (χ0n) is 16.0. The number of nitrogens with zero attached hydrogens (tertiary/aromatic N) is 1. The molecule has 0 radical (unpaired) electrons. The number of aromatic nitrogens is 1. The third-order valence-corrected chi connectivity index (χ3v) is 5.77. The van der Waals surface area contributed by atoms with E-state index in [0.717, 1.165) is 27.3 Å². The van der Waals surface area contributed by atoms with Crippen molar-refractivity contribution in [2.45, 2.75) is 18.9 Å². The van der Waals surface area contributed by atoms with Gasteiger partial charge in [0.05, 0.1) is 10.6 Å². The van der Waals surface area contributed by atoms with E-state index < -0.39 is 0 Å². The molecule has 1 N–H and O–H groups in total. The Kier molecular flexibility index (Phi) is 6.13. The molecule has 0 fully saturated rings. The molecule has 1 amide bonds. The molecule has 0 saturated carbocycles. The number of carbonyl (C=O) groups excluding carboxylic acids is 1. The van der Waals surface area contributed by atoms with Crippen LogP contribution in [0.15, 0.2) is 96.5 Å². The minimum atomic E-state index is 0.0384. The lowest BCUT2D eigenvalue weighted by atomic mass is 9.88. The summed E-state index contributed by atoms with van der Waals surface area (Å²) in [4.78, 5) is 18.3. The summed E-state index contributed by atoms with van der Waals surface area (Å²) in [6.07, 6.45) is 2.21. The molecule has 2 heterocycles. The van der Waals surface area contributed by atoms with Crippen molar-refractivity contribution >= 4 is 17.2 Å². The molecule has 0 saturated heterocycles. The summed E-state index contributed by atoms with van der Waals surface area (Å²) in [6, 6.07) is 28.5. The van der Waals surface area contributed by atoms with Gasteiger partial charge < -0.3 is 5.32 Å². The SMILES string of the molecule is O=C(CC(c1ccccc1)c1ccccc1)NCc1ccnc(-c2cccs2)c1. The fraction of sp³-hybridized carbons (Fsp3) is 0.120. The van der Waals surface area contributed by atoms with Crippen LogP contribution in [0.25, 0.3) is 10.6 Å². The Hall–Kier alpha value is -3.24. The summed E-state index contributed by atoms with van der Waals surface area (Å²) in [5, 5.41) is 5.12. The first-order chi connectivity index (χ1) is 14.3. The lowest BCUT2D eigenvalue weighted by Crippen LogP contribution is -2.25. The average molecular weight is 399 g/mol. The summed E-state index contributed by atoms with van der Waals surface area (Å²) in [5.41, 5.74) is 4.29. The van der Waals surface area contributed by atoms with Crippen molar-refractivity contribution in [1.82, 2.24) is 10.3 Å². The average Bonchev–Trinajstić information content (AvgIpc) is 3.33. The third-order valence-electron chi connectivity index (χ3n) is 4.88. The molecule has 29 heavy (non-hydrogen) atoms. The molecular formula is C25H22N2OS. The van der Waals surface area contributed by atoms with E-state index in [0.29, 0.717) is 13.0 Å². The Labute approximate surface area is 175 Å². The number of nitrogens with one attached hydrogen (secondary N) is 1. The van der Waals surface area contributed by atoms with Crippen LogP contribution in [0.5, 0.6) is 0 Å². The van der Waals surface area contributed by atoms with Crippen LogP contribution in [0.4, 0.5) is 0 Å². The second-order valence-corrected chi connectivity index (χ2v) is 7.83. The topological polar surface area (TPSA) is 42.0 Å². The molecule has 2 aromatic heterocycles. The van der Waals surface area contributed by atoms with Crippen LogP contribution in [-0.4, -0.2) is 10.9 Å². The minimum Gasteiger partial charge on any atom is -0.352 e. The van der Waals surface area contributed by atoms with Crippen molar-refractivity contribution in [3.05, 3.63) is 113 Å². The van der Waals surface area contributed by atoms with Gasteiger partial charge in [0.1, 0.15) is 0 Å². The van der Waals surface area contributed by atoms with Gasteiger partial charge in [-0.05, 0) is 40.3 Å². The van der Waals surface area contributed by atoms with E-state index in [1.54, 1.807) is 17.5 Å². The van der Waals surface area contributed by atoms with E-state index in [1.165, 1.54) is 0 Å². The second-order valence-electron chi connectivity index (χ2n) is 6.88. The lowest BCUT2D eigenvalue weighted by Gasteiger charge is -2.18. The van der Waals surface area contributed by atoms with Crippen LogP contribution >= 0.6 is 11.3 Å². The highest BCUT2D eigenvalue weighted by Gasteiger charge is 2.18. The highest BCUT2D eigenvalue weighted by molar-refractivity contribution is 7.13. The van der Waals surface area contributed by atoms with E-state index in [-0.39, 0.29) is 11.8 Å². The van der Waals surface area contributed by atoms with Crippen LogP contribution in [0.1, 0.15) is 29.0 Å². The monoisotopic (exact) mass is 398 g/mol. The lowest BCUT2D eigenvalue weighted by molar-refractivity contribution is -0.121. The van der Waals surface area contributed by atoms with Gasteiger partial charge >= 0.3 is 0 Å². The predicted octanol–water partition coefficient (Wildman–Crippen LogP) is 5.65. The van der Waals surface area contributed by atoms with Gasteiger partial charge in [0.15, 0.2) is 0 Å². The molecule has 144 valence electrons. The highest BCUT2D eigenvalue weighted by Crippen LogP contribution is 2.28. The van der Waals surface area contributed by atoms with Gasteiger partial charge in [0.25, 0.3) is 0 Å². The van der Waals surface area contributed by atoms with Gasteiger partial charge in [-0.2, -0.15) is 0 Å². The number of carbonyl (C=O) groups is 1. The molecule has 0 aliphatic carbocycles. The molecule has 0 atom stereocenters. The van der Waals surface area contributed by atoms with Gasteiger partial charge in [-0.3, -0.25) is 9.78 Å². The molecule has 0 bridgehead atoms. The number of hydrogen-bond acceptors (Lipinski definition) is 3. The zero-order valence-corrected chi connectivity index (χ0v) is 16.8. The van der Waals surface area contributed by atoms with E-state index in [1.807, 2.05) is 60.0 Å². The standard InChI is InChI=1S/C25H22N2OS/c28-25(27-18-19-13-14-26-23(16-19)24-12-7-15-29-24)17-22(20-8-3-1-4-9-20)21-10-5-2-6-11-21/h1-16,22H,17-18H2,(H,27,28). The molecule has 2 aromatic carbocycles. The van der Waals surface area contributed by atoms with Crippen molar-refractivity contribution in [2.75, 3.05) is 0 Å². The van der Waals surface area contributed by atoms with Crippen LogP contribution < -0.4 is 5.32 Å². The number of pyridine rings is 1. The van der Waals surface area contributed by atoms with E-state index in [2.05, 4.69) is 40.6 Å². The molecule has 0 aliphatic rings. The largest absolute Gasteiger partial charge is 0.352 e. The highest BCUT2D eigenvalue weighted by atomic mass is 32.1. The first kappa shape index (κ1) is 19.1. The second kappa shape index (κ2) is 9.30. The fourth-order valence-electron chi connectivity index (χ4n) is 3.40. The maximum atomic E-state index is 12.8. The summed E-state index contributed by atoms with van der Waals surface area (Å²) in [6.45, 7) is 0.496. The first-order valence-electron chi connectivity index (χ1n) is 9.65. The normalized spacial score (nSPS) is 10.8. The summed E-state index contributed by atoms with van der Waals surface area (Å²) >= 11 is 1.66. The molecule has 0 unspecified atom stereocenters.